The van der Waals surface area contributed by atoms with Crippen LogP contribution >= 0.6 is 0 Å². The van der Waals surface area contributed by atoms with Gasteiger partial charge in [-0.3, -0.25) is 4.40 Å². The summed E-state index contributed by atoms with van der Waals surface area (Å²) in [6.07, 6.45) is 19.9. The zero-order valence-corrected chi connectivity index (χ0v) is 24.9. The van der Waals surface area contributed by atoms with Crippen LogP contribution in [-0.2, 0) is 6.42 Å². The van der Waals surface area contributed by atoms with Gasteiger partial charge in [-0.25, -0.2) is 4.98 Å². The number of hydrogen-bond acceptors (Lipinski definition) is 3. The summed E-state index contributed by atoms with van der Waals surface area (Å²) < 4.78 is 2.18. The highest BCUT2D eigenvalue weighted by molar-refractivity contribution is 5.86. The van der Waals surface area contributed by atoms with E-state index in [0.29, 0.717) is 5.56 Å². The van der Waals surface area contributed by atoms with Gasteiger partial charge in [-0.05, 0) is 36.6 Å². The lowest BCUT2D eigenvalue weighted by molar-refractivity contribution is 0.537. The average Bonchev–Trinajstić information content (AvgIpc) is 3.36. The molecule has 0 fully saturated rings. The summed E-state index contributed by atoms with van der Waals surface area (Å²) in [6.45, 7) is 5.29. The molecule has 2 aromatic heterocycles. The summed E-state index contributed by atoms with van der Waals surface area (Å²) in [5.74, 6) is 1.08. The summed E-state index contributed by atoms with van der Waals surface area (Å²) in [4.78, 5) is 4.88. The molecule has 0 saturated carbocycles. The Bertz CT molecular complexity index is 1360. The zero-order valence-electron chi connectivity index (χ0n) is 24.9. The summed E-state index contributed by atoms with van der Waals surface area (Å²) in [6, 6.07) is 21.2. The molecule has 2 aromatic carbocycles. The molecular formula is C36H48N4. The second-order valence-corrected chi connectivity index (χ2v) is 11.4. The molecule has 0 bridgehead atoms. The highest BCUT2D eigenvalue weighted by Gasteiger charge is 2.20. The van der Waals surface area contributed by atoms with Crippen molar-refractivity contribution in [1.29, 1.82) is 5.26 Å². The lowest BCUT2D eigenvalue weighted by Crippen LogP contribution is -2.12. The maximum Gasteiger partial charge on any atom is 0.157 e. The van der Waals surface area contributed by atoms with Crippen LogP contribution in [0.1, 0.15) is 119 Å². The first-order chi connectivity index (χ1) is 19.7. The van der Waals surface area contributed by atoms with Gasteiger partial charge in [0.25, 0.3) is 0 Å². The number of aromatic nitrogens is 2. The van der Waals surface area contributed by atoms with E-state index in [9.17, 15) is 5.26 Å². The number of benzene rings is 2. The third-order valence-electron chi connectivity index (χ3n) is 8.28. The van der Waals surface area contributed by atoms with Gasteiger partial charge in [-0.2, -0.15) is 5.26 Å². The fraction of sp³-hybridized carbons (Fsp3) is 0.500. The number of rotatable bonds is 18. The minimum atomic E-state index is 0.671. The second-order valence-electron chi connectivity index (χ2n) is 11.4. The number of nitrogens with one attached hydrogen (secondary N) is 1. The molecule has 4 heteroatoms. The van der Waals surface area contributed by atoms with Crippen molar-refractivity contribution in [3.63, 3.8) is 0 Å². The molecule has 0 aliphatic heterocycles. The fourth-order valence-electron chi connectivity index (χ4n) is 5.91. The van der Waals surface area contributed by atoms with Crippen molar-refractivity contribution in [2.45, 2.75) is 110 Å². The van der Waals surface area contributed by atoms with E-state index < -0.39 is 0 Å². The van der Waals surface area contributed by atoms with Crippen molar-refractivity contribution in [3.8, 4) is 6.07 Å². The maximum absolute atomic E-state index is 10.1. The van der Waals surface area contributed by atoms with Gasteiger partial charge in [0.05, 0.1) is 16.6 Å². The third kappa shape index (κ3) is 7.87. The van der Waals surface area contributed by atoms with E-state index in [1.54, 1.807) is 0 Å². The van der Waals surface area contributed by atoms with E-state index >= 15 is 0 Å². The molecule has 4 nitrogen and oxygen atoms in total. The van der Waals surface area contributed by atoms with Crippen LogP contribution < -0.4 is 5.32 Å². The second kappa shape index (κ2) is 16.1. The minimum Gasteiger partial charge on any atom is -0.371 e. The Labute approximate surface area is 241 Å². The Kier molecular flexibility index (Phi) is 11.9. The molecule has 0 radical (unpaired) electrons. The number of anilines is 1. The van der Waals surface area contributed by atoms with Crippen LogP contribution in [0.25, 0.3) is 16.7 Å². The van der Waals surface area contributed by atoms with Crippen LogP contribution in [0.4, 0.5) is 5.82 Å². The molecule has 0 saturated heterocycles. The van der Waals surface area contributed by atoms with Gasteiger partial charge < -0.3 is 5.32 Å². The molecule has 1 N–H and O–H groups in total. The minimum absolute atomic E-state index is 0.671. The third-order valence-corrected chi connectivity index (χ3v) is 8.28. The Morgan fingerprint density at radius 1 is 0.750 bits per heavy atom. The van der Waals surface area contributed by atoms with Gasteiger partial charge in [-0.1, -0.05) is 133 Å². The first kappa shape index (κ1) is 29.7. The summed E-state index contributed by atoms with van der Waals surface area (Å²) in [5.41, 5.74) is 6.85. The van der Waals surface area contributed by atoms with Crippen molar-refractivity contribution < 1.29 is 0 Å². The molecule has 0 spiro atoms. The molecule has 40 heavy (non-hydrogen) atoms. The summed E-state index contributed by atoms with van der Waals surface area (Å²) >= 11 is 0. The van der Waals surface area contributed by atoms with Crippen molar-refractivity contribution >= 4 is 22.5 Å². The number of hydrogen-bond donors (Lipinski definition) is 1. The van der Waals surface area contributed by atoms with E-state index in [2.05, 4.69) is 72.1 Å². The topological polar surface area (TPSA) is 53.1 Å². The quantitative estimate of drug-likeness (QED) is 0.129. The van der Waals surface area contributed by atoms with Crippen molar-refractivity contribution in [3.05, 3.63) is 76.9 Å². The predicted molar refractivity (Wildman–Crippen MR) is 170 cm³/mol. The Hall–Kier alpha value is -3.32. The zero-order chi connectivity index (χ0) is 28.0. The number of pyridine rings is 1. The van der Waals surface area contributed by atoms with Crippen LogP contribution in [0.3, 0.4) is 0 Å². The van der Waals surface area contributed by atoms with E-state index in [-0.39, 0.29) is 0 Å². The Morgan fingerprint density at radius 2 is 1.32 bits per heavy atom. The number of nitrogens with zero attached hydrogens (tertiary/aromatic N) is 3. The number of unbranched alkanes of at least 4 members (excludes halogenated alkanes) is 13. The average molecular weight is 537 g/mol. The summed E-state index contributed by atoms with van der Waals surface area (Å²) in [7, 11) is 0. The van der Waals surface area contributed by atoms with Gasteiger partial charge >= 0.3 is 0 Å². The standard InChI is InChI=1S/C36H48N4/c1-3-4-5-6-7-8-9-10-11-12-13-14-15-21-26-38-35-31(27-30-22-17-16-18-23-30)29(2)32(28-37)36-39-33-24-19-20-25-34(33)40(35)36/h16-20,22-25,38H,3-15,21,26-27H2,1-2H3. The number of nitriles is 1. The van der Waals surface area contributed by atoms with Crippen molar-refractivity contribution in [2.24, 2.45) is 0 Å². The van der Waals surface area contributed by atoms with E-state index in [1.807, 2.05) is 12.1 Å². The normalized spacial score (nSPS) is 11.3. The summed E-state index contributed by atoms with van der Waals surface area (Å²) in [5, 5.41) is 13.9. The smallest absolute Gasteiger partial charge is 0.157 e. The molecule has 4 rings (SSSR count). The van der Waals surface area contributed by atoms with Gasteiger partial charge in [0.2, 0.25) is 0 Å². The monoisotopic (exact) mass is 536 g/mol. The van der Waals surface area contributed by atoms with Gasteiger partial charge in [0.1, 0.15) is 11.9 Å². The number of para-hydroxylation sites is 2. The number of imidazole rings is 1. The van der Waals surface area contributed by atoms with Gasteiger partial charge in [0.15, 0.2) is 5.65 Å². The van der Waals surface area contributed by atoms with Crippen molar-refractivity contribution in [1.82, 2.24) is 9.38 Å². The van der Waals surface area contributed by atoms with Crippen LogP contribution in [0.5, 0.6) is 0 Å². The first-order valence-electron chi connectivity index (χ1n) is 15.8. The molecule has 4 aromatic rings. The largest absolute Gasteiger partial charge is 0.371 e. The lowest BCUT2D eigenvalue weighted by Gasteiger charge is -2.19. The molecule has 0 aliphatic rings. The van der Waals surface area contributed by atoms with Crippen molar-refractivity contribution in [2.75, 3.05) is 11.9 Å². The molecular weight excluding hydrogens is 488 g/mol. The Balaban J connectivity index is 1.34. The Morgan fingerprint density at radius 3 is 1.95 bits per heavy atom. The molecule has 2 heterocycles. The van der Waals surface area contributed by atoms with E-state index in [0.717, 1.165) is 47.4 Å². The van der Waals surface area contributed by atoms with Crippen LogP contribution in [0.15, 0.2) is 54.6 Å². The maximum atomic E-state index is 10.1. The van der Waals surface area contributed by atoms with Gasteiger partial charge in [0, 0.05) is 18.5 Å². The fourth-order valence-corrected chi connectivity index (χ4v) is 5.91. The van der Waals surface area contributed by atoms with Crippen LogP contribution in [0.2, 0.25) is 0 Å². The van der Waals surface area contributed by atoms with Crippen LogP contribution in [-0.4, -0.2) is 15.9 Å². The highest BCUT2D eigenvalue weighted by atomic mass is 15.1. The van der Waals surface area contributed by atoms with Crippen LogP contribution in [0, 0.1) is 18.3 Å². The van der Waals surface area contributed by atoms with E-state index in [1.165, 1.54) is 94.6 Å². The molecule has 0 atom stereocenters. The van der Waals surface area contributed by atoms with E-state index in [4.69, 9.17) is 4.98 Å². The molecule has 212 valence electrons. The lowest BCUT2D eigenvalue weighted by atomic mass is 9.97. The molecule has 0 unspecified atom stereocenters. The predicted octanol–water partition coefficient (Wildman–Crippen LogP) is 10.2. The highest BCUT2D eigenvalue weighted by Crippen LogP contribution is 2.32. The first-order valence-corrected chi connectivity index (χ1v) is 15.8. The SMILES string of the molecule is CCCCCCCCCCCCCCCCNc1c(Cc2ccccc2)c(C)c(C#N)c2nc3ccccc3n12. The van der Waals surface area contributed by atoms with Gasteiger partial charge in [-0.15, -0.1) is 0 Å². The molecule has 0 aliphatic carbocycles. The number of fused-ring (bicyclic) bond motifs is 3. The molecule has 0 amide bonds.